The first-order chi connectivity index (χ1) is 12.8. The Morgan fingerprint density at radius 1 is 1.00 bits per heavy atom. The van der Waals surface area contributed by atoms with Crippen LogP contribution in [-0.4, -0.2) is 60.8 Å². The number of amides is 1. The van der Waals surface area contributed by atoms with Gasteiger partial charge in [0.1, 0.15) is 0 Å². The van der Waals surface area contributed by atoms with Crippen molar-refractivity contribution in [1.29, 1.82) is 0 Å². The number of nitrogens with zero attached hydrogens (tertiary/aromatic N) is 2. The zero-order valence-corrected chi connectivity index (χ0v) is 16.3. The average molecular weight is 394 g/mol. The van der Waals surface area contributed by atoms with Crippen molar-refractivity contribution in [2.24, 2.45) is 11.8 Å². The van der Waals surface area contributed by atoms with E-state index in [1.54, 1.807) is 29.2 Å². The minimum Gasteiger partial charge on any atom is -0.481 e. The average Bonchev–Trinajstić information content (AvgIpc) is 2.68. The molecule has 0 aromatic heterocycles. The number of rotatable bonds is 4. The van der Waals surface area contributed by atoms with Crippen molar-refractivity contribution in [1.82, 2.24) is 9.21 Å². The second kappa shape index (κ2) is 7.98. The third kappa shape index (κ3) is 4.32. The Labute approximate surface area is 160 Å². The fourth-order valence-corrected chi connectivity index (χ4v) is 5.38. The summed E-state index contributed by atoms with van der Waals surface area (Å²) >= 11 is 0. The van der Waals surface area contributed by atoms with Crippen LogP contribution >= 0.6 is 0 Å². The van der Waals surface area contributed by atoms with Gasteiger partial charge in [-0.2, -0.15) is 4.31 Å². The molecule has 8 heteroatoms. The Hall–Kier alpha value is -1.93. The van der Waals surface area contributed by atoms with Gasteiger partial charge in [0.05, 0.1) is 16.7 Å². The summed E-state index contributed by atoms with van der Waals surface area (Å²) in [5.41, 5.74) is 0.985. The number of hydrogen-bond acceptors (Lipinski definition) is 4. The zero-order chi connectivity index (χ0) is 19.6. The van der Waals surface area contributed by atoms with Crippen LogP contribution in [0.5, 0.6) is 0 Å². The van der Waals surface area contributed by atoms with Crippen LogP contribution in [0.25, 0.3) is 0 Å². The minimum atomic E-state index is -3.63. The summed E-state index contributed by atoms with van der Waals surface area (Å²) in [6.07, 6.45) is 2.50. The van der Waals surface area contributed by atoms with Gasteiger partial charge in [0.15, 0.2) is 0 Å². The number of carbonyl (C=O) groups is 2. The quantitative estimate of drug-likeness (QED) is 0.839. The topological polar surface area (TPSA) is 95.0 Å². The summed E-state index contributed by atoms with van der Waals surface area (Å²) in [5, 5.41) is 9.22. The molecule has 0 aliphatic carbocycles. The van der Waals surface area contributed by atoms with Crippen molar-refractivity contribution in [3.63, 3.8) is 0 Å². The lowest BCUT2D eigenvalue weighted by atomic mass is 9.94. The molecule has 1 N–H and O–H groups in total. The summed E-state index contributed by atoms with van der Waals surface area (Å²) in [5.74, 6) is -1.94. The van der Waals surface area contributed by atoms with Crippen LogP contribution in [0.1, 0.15) is 31.2 Å². The first kappa shape index (κ1) is 19.8. The first-order valence-corrected chi connectivity index (χ1v) is 10.8. The lowest BCUT2D eigenvalue weighted by Gasteiger charge is -2.37. The second-order valence-corrected chi connectivity index (χ2v) is 9.41. The largest absolute Gasteiger partial charge is 0.481 e. The fourth-order valence-electron chi connectivity index (χ4n) is 3.86. The van der Waals surface area contributed by atoms with Gasteiger partial charge in [0.25, 0.3) is 0 Å². The number of benzene rings is 1. The number of carboxylic acid groups (broad SMARTS) is 1. The molecular weight excluding hydrogens is 368 g/mol. The highest BCUT2D eigenvalue weighted by atomic mass is 32.2. The van der Waals surface area contributed by atoms with Gasteiger partial charge in [-0.25, -0.2) is 8.42 Å². The van der Waals surface area contributed by atoms with Gasteiger partial charge in [-0.1, -0.05) is 17.7 Å². The molecule has 148 valence electrons. The Balaban J connectivity index is 1.71. The number of carboxylic acids is 1. The van der Waals surface area contributed by atoms with Gasteiger partial charge in [-0.05, 0) is 44.7 Å². The van der Waals surface area contributed by atoms with Crippen LogP contribution in [0.15, 0.2) is 29.2 Å². The molecule has 3 rings (SSSR count). The van der Waals surface area contributed by atoms with E-state index in [-0.39, 0.29) is 23.9 Å². The van der Waals surface area contributed by atoms with E-state index in [0.29, 0.717) is 38.8 Å². The number of aliphatic carboxylic acids is 1. The maximum absolute atomic E-state index is 12.9. The van der Waals surface area contributed by atoms with Crippen molar-refractivity contribution in [2.45, 2.75) is 37.5 Å². The Bertz CT molecular complexity index is 806. The van der Waals surface area contributed by atoms with E-state index in [9.17, 15) is 23.1 Å². The Morgan fingerprint density at radius 2 is 1.63 bits per heavy atom. The summed E-state index contributed by atoms with van der Waals surface area (Å²) in [6, 6.07) is 6.72. The van der Waals surface area contributed by atoms with Gasteiger partial charge in [-0.3, -0.25) is 9.59 Å². The van der Waals surface area contributed by atoms with Crippen LogP contribution in [0.4, 0.5) is 0 Å². The van der Waals surface area contributed by atoms with E-state index in [1.165, 1.54) is 4.31 Å². The smallest absolute Gasteiger partial charge is 0.308 e. The molecule has 0 spiro atoms. The van der Waals surface area contributed by atoms with E-state index in [2.05, 4.69) is 0 Å². The van der Waals surface area contributed by atoms with Gasteiger partial charge in [0, 0.05) is 26.2 Å². The van der Waals surface area contributed by atoms with Gasteiger partial charge in [0.2, 0.25) is 15.9 Å². The number of hydrogen-bond donors (Lipinski definition) is 1. The monoisotopic (exact) mass is 394 g/mol. The van der Waals surface area contributed by atoms with E-state index >= 15 is 0 Å². The fraction of sp³-hybridized carbons (Fsp3) is 0.579. The molecule has 1 aromatic carbocycles. The number of aryl methyl sites for hydroxylation is 1. The van der Waals surface area contributed by atoms with Crippen LogP contribution < -0.4 is 0 Å². The molecule has 2 aliphatic heterocycles. The van der Waals surface area contributed by atoms with Crippen molar-refractivity contribution >= 4 is 21.9 Å². The van der Waals surface area contributed by atoms with E-state index in [1.807, 2.05) is 6.92 Å². The SMILES string of the molecule is Cc1ccc(S(=O)(=O)N2CCCC(C(=O)N3CCCC(C(=O)O)C3)C2)cc1. The molecule has 27 heavy (non-hydrogen) atoms. The molecule has 0 saturated carbocycles. The van der Waals surface area contributed by atoms with Crippen molar-refractivity contribution < 1.29 is 23.1 Å². The maximum atomic E-state index is 12.9. The lowest BCUT2D eigenvalue weighted by molar-refractivity contribution is -0.147. The molecule has 7 nitrogen and oxygen atoms in total. The number of carbonyl (C=O) groups excluding carboxylic acids is 1. The highest BCUT2D eigenvalue weighted by molar-refractivity contribution is 7.89. The number of piperidine rings is 2. The highest BCUT2D eigenvalue weighted by Gasteiger charge is 2.37. The van der Waals surface area contributed by atoms with Crippen molar-refractivity contribution in [2.75, 3.05) is 26.2 Å². The molecular formula is C19H26N2O5S. The maximum Gasteiger partial charge on any atom is 0.308 e. The van der Waals surface area contributed by atoms with Crippen molar-refractivity contribution in [3.8, 4) is 0 Å². The predicted molar refractivity (Wildman–Crippen MR) is 99.6 cm³/mol. The zero-order valence-electron chi connectivity index (χ0n) is 15.5. The molecule has 2 fully saturated rings. The lowest BCUT2D eigenvalue weighted by Crippen LogP contribution is -2.49. The molecule has 2 saturated heterocycles. The number of likely N-dealkylation sites (tertiary alicyclic amines) is 1. The predicted octanol–water partition coefficient (Wildman–Crippen LogP) is 1.72. The Kier molecular flexibility index (Phi) is 5.86. The van der Waals surface area contributed by atoms with E-state index in [0.717, 1.165) is 5.56 Å². The first-order valence-electron chi connectivity index (χ1n) is 9.37. The van der Waals surface area contributed by atoms with Gasteiger partial charge >= 0.3 is 5.97 Å². The van der Waals surface area contributed by atoms with Crippen LogP contribution in [0.2, 0.25) is 0 Å². The van der Waals surface area contributed by atoms with Crippen LogP contribution in [0.3, 0.4) is 0 Å². The van der Waals surface area contributed by atoms with E-state index in [4.69, 9.17) is 0 Å². The minimum absolute atomic E-state index is 0.121. The third-order valence-electron chi connectivity index (χ3n) is 5.47. The molecule has 2 unspecified atom stereocenters. The molecule has 1 amide bonds. The molecule has 1 aromatic rings. The standard InChI is InChI=1S/C19H26N2O5S/c1-14-6-8-17(9-7-14)27(25,26)21-11-3-4-15(13-21)18(22)20-10-2-5-16(12-20)19(23)24/h6-9,15-16H,2-5,10-13H2,1H3,(H,23,24). The van der Waals surface area contributed by atoms with Crippen LogP contribution in [0, 0.1) is 18.8 Å². The summed E-state index contributed by atoms with van der Waals surface area (Å²) < 4.78 is 27.2. The Morgan fingerprint density at radius 3 is 2.30 bits per heavy atom. The number of sulfonamides is 1. The molecule has 0 radical (unpaired) electrons. The van der Waals surface area contributed by atoms with Gasteiger partial charge in [-0.15, -0.1) is 0 Å². The summed E-state index contributed by atoms with van der Waals surface area (Å²) in [4.78, 5) is 26.0. The van der Waals surface area contributed by atoms with Gasteiger partial charge < -0.3 is 10.0 Å². The third-order valence-corrected chi connectivity index (χ3v) is 7.35. The summed E-state index contributed by atoms with van der Waals surface area (Å²) in [7, 11) is -3.63. The molecule has 0 bridgehead atoms. The van der Waals surface area contributed by atoms with E-state index < -0.39 is 27.8 Å². The molecule has 2 heterocycles. The summed E-state index contributed by atoms with van der Waals surface area (Å²) in [6.45, 7) is 3.22. The van der Waals surface area contributed by atoms with Crippen molar-refractivity contribution in [3.05, 3.63) is 29.8 Å². The molecule has 2 aliphatic rings. The second-order valence-electron chi connectivity index (χ2n) is 7.48. The van der Waals surface area contributed by atoms with Crippen LogP contribution in [-0.2, 0) is 19.6 Å². The molecule has 2 atom stereocenters. The normalized spacial score (nSPS) is 24.6. The highest BCUT2D eigenvalue weighted by Crippen LogP contribution is 2.27.